The molecule has 1 aromatic heterocycles. The summed E-state index contributed by atoms with van der Waals surface area (Å²) in [6.45, 7) is 2.19. The van der Waals surface area contributed by atoms with Crippen LogP contribution in [0.15, 0.2) is 24.3 Å². The fourth-order valence-corrected chi connectivity index (χ4v) is 4.83. The van der Waals surface area contributed by atoms with E-state index >= 15 is 0 Å². The maximum Gasteiger partial charge on any atom is 0.251 e. The molecule has 0 saturated heterocycles. The topological polar surface area (TPSA) is 81.4 Å². The predicted molar refractivity (Wildman–Crippen MR) is 104 cm³/mol. The first kappa shape index (κ1) is 18.5. The summed E-state index contributed by atoms with van der Waals surface area (Å²) in [6, 6.07) is 7.37. The summed E-state index contributed by atoms with van der Waals surface area (Å²) in [7, 11) is 1.61. The predicted octanol–water partition coefficient (Wildman–Crippen LogP) is 3.55. The molecule has 0 spiro atoms. The van der Waals surface area contributed by atoms with Crippen LogP contribution in [0.25, 0.3) is 0 Å². The largest absolute Gasteiger partial charge is 0.497 e. The molecule has 0 unspecified atom stereocenters. The van der Waals surface area contributed by atoms with Crippen molar-refractivity contribution in [1.29, 1.82) is 0 Å². The van der Waals surface area contributed by atoms with Gasteiger partial charge in [0, 0.05) is 4.88 Å². The molecule has 5 nitrogen and oxygen atoms in total. The van der Waals surface area contributed by atoms with Crippen LogP contribution in [0.1, 0.15) is 46.1 Å². The molecule has 138 valence electrons. The van der Waals surface area contributed by atoms with Gasteiger partial charge in [0.1, 0.15) is 10.8 Å². The highest BCUT2D eigenvalue weighted by atomic mass is 32.1. The number of benzene rings is 1. The highest BCUT2D eigenvalue weighted by molar-refractivity contribution is 7.17. The number of rotatable bonds is 6. The number of carbonyl (C=O) groups is 2. The zero-order chi connectivity index (χ0) is 18.7. The van der Waals surface area contributed by atoms with E-state index in [1.165, 1.54) is 16.2 Å². The molecule has 3 N–H and O–H groups in total. The molecule has 0 radical (unpaired) electrons. The summed E-state index contributed by atoms with van der Waals surface area (Å²) < 4.78 is 5.13. The fraction of sp³-hybridized carbons (Fsp3) is 0.400. The van der Waals surface area contributed by atoms with E-state index in [1.807, 2.05) is 24.3 Å². The van der Waals surface area contributed by atoms with Crippen molar-refractivity contribution in [3.63, 3.8) is 0 Å². The van der Waals surface area contributed by atoms with E-state index in [9.17, 15) is 9.59 Å². The molecule has 1 aliphatic carbocycles. The molecule has 2 amide bonds. The van der Waals surface area contributed by atoms with Crippen LogP contribution in [-0.2, 0) is 24.1 Å². The third-order valence-electron chi connectivity index (χ3n) is 4.97. The number of ether oxygens (including phenoxy) is 1. The van der Waals surface area contributed by atoms with E-state index in [0.29, 0.717) is 16.5 Å². The van der Waals surface area contributed by atoms with Gasteiger partial charge in [0.25, 0.3) is 5.91 Å². The standard InChI is InChI=1S/C20H24N2O3S/c1-3-12-6-9-15-16(10-12)26-20(18(15)19(21)24)22-17(23)11-13-4-7-14(25-2)8-5-13/h4-5,7-8,12H,3,6,9-11H2,1-2H3,(H2,21,24)(H,22,23)/t12-/m0/s1. The van der Waals surface area contributed by atoms with Crippen LogP contribution in [0.3, 0.4) is 0 Å². The van der Waals surface area contributed by atoms with Crippen LogP contribution < -0.4 is 15.8 Å². The third-order valence-corrected chi connectivity index (χ3v) is 6.14. The van der Waals surface area contributed by atoms with Gasteiger partial charge in [-0.15, -0.1) is 11.3 Å². The zero-order valence-corrected chi connectivity index (χ0v) is 15.9. The van der Waals surface area contributed by atoms with Crippen LogP contribution in [0, 0.1) is 5.92 Å². The lowest BCUT2D eigenvalue weighted by Gasteiger charge is -2.20. The second kappa shape index (κ2) is 7.91. The summed E-state index contributed by atoms with van der Waals surface area (Å²) >= 11 is 1.50. The number of thiophene rings is 1. The van der Waals surface area contributed by atoms with Gasteiger partial charge in [0.2, 0.25) is 5.91 Å². The monoisotopic (exact) mass is 372 g/mol. The average Bonchev–Trinajstić information content (AvgIpc) is 2.99. The average molecular weight is 372 g/mol. The molecular formula is C20H24N2O3S. The normalized spacial score (nSPS) is 16.0. The summed E-state index contributed by atoms with van der Waals surface area (Å²) in [5, 5.41) is 3.50. The lowest BCUT2D eigenvalue weighted by Crippen LogP contribution is -2.20. The SMILES string of the molecule is CC[C@H]1CCc2c(sc(NC(=O)Cc3ccc(OC)cc3)c2C(N)=O)C1. The molecule has 6 heteroatoms. The van der Waals surface area contributed by atoms with Gasteiger partial charge in [-0.3, -0.25) is 9.59 Å². The molecule has 1 aliphatic rings. The number of primary amides is 1. The van der Waals surface area contributed by atoms with Gasteiger partial charge in [-0.2, -0.15) is 0 Å². The minimum atomic E-state index is -0.461. The number of nitrogens with one attached hydrogen (secondary N) is 1. The number of hydrogen-bond donors (Lipinski definition) is 2. The van der Waals surface area contributed by atoms with Gasteiger partial charge in [-0.25, -0.2) is 0 Å². The van der Waals surface area contributed by atoms with Gasteiger partial charge in [-0.05, 0) is 48.4 Å². The van der Waals surface area contributed by atoms with Crippen molar-refractivity contribution in [1.82, 2.24) is 0 Å². The van der Waals surface area contributed by atoms with Gasteiger partial charge < -0.3 is 15.8 Å². The van der Waals surface area contributed by atoms with Gasteiger partial charge in [0.05, 0.1) is 19.1 Å². The number of anilines is 1. The number of carbonyl (C=O) groups excluding carboxylic acids is 2. The minimum Gasteiger partial charge on any atom is -0.497 e. The van der Waals surface area contributed by atoms with Crippen LogP contribution in [-0.4, -0.2) is 18.9 Å². The molecular weight excluding hydrogens is 348 g/mol. The highest BCUT2D eigenvalue weighted by Gasteiger charge is 2.28. The number of hydrogen-bond acceptors (Lipinski definition) is 4. The summed E-state index contributed by atoms with van der Waals surface area (Å²) in [6.07, 6.45) is 4.26. The molecule has 2 aromatic rings. The summed E-state index contributed by atoms with van der Waals surface area (Å²) in [4.78, 5) is 25.6. The molecule has 0 aliphatic heterocycles. The van der Waals surface area contributed by atoms with Crippen LogP contribution in [0.2, 0.25) is 0 Å². The first-order valence-corrected chi connectivity index (χ1v) is 9.70. The van der Waals surface area contributed by atoms with E-state index in [2.05, 4.69) is 12.2 Å². The molecule has 0 bridgehead atoms. The smallest absolute Gasteiger partial charge is 0.251 e. The van der Waals surface area contributed by atoms with E-state index in [4.69, 9.17) is 10.5 Å². The Morgan fingerprint density at radius 1 is 1.31 bits per heavy atom. The number of nitrogens with two attached hydrogens (primary N) is 1. The first-order chi connectivity index (χ1) is 12.5. The molecule has 1 heterocycles. The van der Waals surface area contributed by atoms with Crippen molar-refractivity contribution < 1.29 is 14.3 Å². The summed E-state index contributed by atoms with van der Waals surface area (Å²) in [5.74, 6) is 0.784. The Hall–Kier alpha value is -2.34. The maximum absolute atomic E-state index is 12.5. The van der Waals surface area contributed by atoms with Gasteiger partial charge in [0.15, 0.2) is 0 Å². The Balaban J connectivity index is 1.77. The first-order valence-electron chi connectivity index (χ1n) is 8.88. The summed E-state index contributed by atoms with van der Waals surface area (Å²) in [5.41, 5.74) is 8.04. The van der Waals surface area contributed by atoms with Crippen molar-refractivity contribution in [3.05, 3.63) is 45.8 Å². The van der Waals surface area contributed by atoms with Crippen molar-refractivity contribution in [2.24, 2.45) is 11.7 Å². The Labute approximate surface area is 157 Å². The third kappa shape index (κ3) is 3.90. The molecule has 1 aromatic carbocycles. The van der Waals surface area contributed by atoms with E-state index in [1.54, 1.807) is 7.11 Å². The molecule has 3 rings (SSSR count). The number of amides is 2. The molecule has 26 heavy (non-hydrogen) atoms. The minimum absolute atomic E-state index is 0.150. The second-order valence-corrected chi connectivity index (χ2v) is 7.77. The Kier molecular flexibility index (Phi) is 5.61. The number of fused-ring (bicyclic) bond motifs is 1. The van der Waals surface area contributed by atoms with Gasteiger partial charge in [-0.1, -0.05) is 25.5 Å². The van der Waals surface area contributed by atoms with E-state index in [0.717, 1.165) is 42.6 Å². The Morgan fingerprint density at radius 3 is 2.65 bits per heavy atom. The number of methoxy groups -OCH3 is 1. The Bertz CT molecular complexity index is 811. The molecule has 0 fully saturated rings. The fourth-order valence-electron chi connectivity index (χ4n) is 3.45. The lowest BCUT2D eigenvalue weighted by molar-refractivity contribution is -0.115. The lowest BCUT2D eigenvalue weighted by atomic mass is 9.85. The van der Waals surface area contributed by atoms with E-state index in [-0.39, 0.29) is 12.3 Å². The van der Waals surface area contributed by atoms with Crippen molar-refractivity contribution in [3.8, 4) is 5.75 Å². The maximum atomic E-state index is 12.5. The van der Waals surface area contributed by atoms with Crippen LogP contribution in [0.5, 0.6) is 5.75 Å². The quantitative estimate of drug-likeness (QED) is 0.813. The van der Waals surface area contributed by atoms with Crippen molar-refractivity contribution in [2.45, 2.75) is 39.0 Å². The van der Waals surface area contributed by atoms with Gasteiger partial charge >= 0.3 is 0 Å². The zero-order valence-electron chi connectivity index (χ0n) is 15.1. The van der Waals surface area contributed by atoms with E-state index < -0.39 is 5.91 Å². The second-order valence-electron chi connectivity index (χ2n) is 6.66. The highest BCUT2D eigenvalue weighted by Crippen LogP contribution is 2.40. The van der Waals surface area contributed by atoms with Crippen molar-refractivity contribution in [2.75, 3.05) is 12.4 Å². The van der Waals surface area contributed by atoms with Crippen molar-refractivity contribution >= 4 is 28.2 Å². The molecule has 0 saturated carbocycles. The van der Waals surface area contributed by atoms with Crippen LogP contribution in [0.4, 0.5) is 5.00 Å². The Morgan fingerprint density at radius 2 is 2.04 bits per heavy atom. The van der Waals surface area contributed by atoms with Crippen LogP contribution >= 0.6 is 11.3 Å². The molecule has 1 atom stereocenters.